The lowest BCUT2D eigenvalue weighted by atomic mass is 9.96. The van der Waals surface area contributed by atoms with Crippen LogP contribution in [0.3, 0.4) is 0 Å². The second kappa shape index (κ2) is 9.84. The number of hydrogen-bond donors (Lipinski definition) is 1. The van der Waals surface area contributed by atoms with Crippen LogP contribution in [0.1, 0.15) is 34.4 Å². The first kappa shape index (κ1) is 24.7. The zero-order valence-corrected chi connectivity index (χ0v) is 20.8. The van der Waals surface area contributed by atoms with Crippen LogP contribution in [-0.2, 0) is 17.3 Å². The molecule has 0 aliphatic carbocycles. The number of benzene rings is 2. The first-order valence-corrected chi connectivity index (χ1v) is 12.5. The SMILES string of the molecule is COC1CCN(c2nc(O)c(C(Cc3ccc(Cl)cc3C(F)(F)F)=c3ccc4c(c3)C=NN=4)s2)CC1. The van der Waals surface area contributed by atoms with E-state index in [2.05, 4.69) is 20.1 Å². The number of piperidine rings is 1. The maximum absolute atomic E-state index is 13.9. The molecular formula is C25H22ClF3N4O2S. The Bertz CT molecular complexity index is 1450. The van der Waals surface area contributed by atoms with Crippen LogP contribution in [0.25, 0.3) is 5.57 Å². The number of ether oxygens (including phenoxy) is 1. The molecule has 0 bridgehead atoms. The molecular weight excluding hydrogens is 513 g/mol. The van der Waals surface area contributed by atoms with Crippen LogP contribution in [0, 0.1) is 0 Å². The summed E-state index contributed by atoms with van der Waals surface area (Å²) in [6, 6.07) is 9.11. The summed E-state index contributed by atoms with van der Waals surface area (Å²) in [5.41, 5.74) is 0.522. The summed E-state index contributed by atoms with van der Waals surface area (Å²) in [7, 11) is 1.69. The molecule has 0 saturated carbocycles. The van der Waals surface area contributed by atoms with E-state index in [9.17, 15) is 18.3 Å². The van der Waals surface area contributed by atoms with Crippen LogP contribution in [0.15, 0.2) is 46.6 Å². The number of anilines is 1. The number of nitrogens with zero attached hydrogens (tertiary/aromatic N) is 4. The molecule has 0 atom stereocenters. The summed E-state index contributed by atoms with van der Waals surface area (Å²) >= 11 is 7.17. The Kier molecular flexibility index (Phi) is 6.76. The van der Waals surface area contributed by atoms with E-state index in [1.54, 1.807) is 25.5 Å². The molecule has 1 saturated heterocycles. The number of aromatic nitrogens is 1. The molecule has 1 aromatic heterocycles. The molecule has 2 aliphatic rings. The molecule has 3 heterocycles. The van der Waals surface area contributed by atoms with Gasteiger partial charge in [-0.1, -0.05) is 35.1 Å². The fraction of sp³-hybridized carbons (Fsp3) is 0.320. The van der Waals surface area contributed by atoms with Gasteiger partial charge in [-0.05, 0) is 53.5 Å². The van der Waals surface area contributed by atoms with Gasteiger partial charge in [0.05, 0.1) is 28.1 Å². The van der Waals surface area contributed by atoms with Crippen LogP contribution in [0.2, 0.25) is 5.02 Å². The van der Waals surface area contributed by atoms with Crippen molar-refractivity contribution in [1.82, 2.24) is 4.98 Å². The summed E-state index contributed by atoms with van der Waals surface area (Å²) in [6.45, 7) is 1.43. The molecule has 1 N–H and O–H groups in total. The van der Waals surface area contributed by atoms with E-state index in [0.717, 1.165) is 24.5 Å². The first-order valence-electron chi connectivity index (χ1n) is 11.3. The van der Waals surface area contributed by atoms with Gasteiger partial charge in [-0.3, -0.25) is 0 Å². The molecule has 6 nitrogen and oxygen atoms in total. The number of halogens is 4. The zero-order valence-electron chi connectivity index (χ0n) is 19.2. The van der Waals surface area contributed by atoms with Gasteiger partial charge in [-0.2, -0.15) is 28.4 Å². The van der Waals surface area contributed by atoms with Gasteiger partial charge >= 0.3 is 6.18 Å². The minimum Gasteiger partial charge on any atom is -0.492 e. The molecule has 1 fully saturated rings. The number of methoxy groups -OCH3 is 1. The van der Waals surface area contributed by atoms with Crippen molar-refractivity contribution in [3.63, 3.8) is 0 Å². The van der Waals surface area contributed by atoms with Gasteiger partial charge in [0.1, 0.15) is 0 Å². The molecule has 2 aliphatic heterocycles. The van der Waals surface area contributed by atoms with Crippen molar-refractivity contribution in [2.45, 2.75) is 31.5 Å². The highest BCUT2D eigenvalue weighted by Gasteiger charge is 2.34. The third-order valence-electron chi connectivity index (χ3n) is 6.40. The van der Waals surface area contributed by atoms with Crippen molar-refractivity contribution < 1.29 is 23.0 Å². The zero-order chi connectivity index (χ0) is 25.4. The smallest absolute Gasteiger partial charge is 0.416 e. The molecule has 0 unspecified atom stereocenters. The van der Waals surface area contributed by atoms with Crippen LogP contribution in [-0.4, -0.2) is 42.6 Å². The monoisotopic (exact) mass is 534 g/mol. The Labute approximate surface area is 214 Å². The topological polar surface area (TPSA) is 70.3 Å². The van der Waals surface area contributed by atoms with Gasteiger partial charge < -0.3 is 14.7 Å². The van der Waals surface area contributed by atoms with Gasteiger partial charge in [0.2, 0.25) is 5.88 Å². The van der Waals surface area contributed by atoms with Crippen molar-refractivity contribution in [3.05, 3.63) is 73.6 Å². The predicted octanol–water partition coefficient (Wildman–Crippen LogP) is 4.54. The highest BCUT2D eigenvalue weighted by atomic mass is 35.5. The van der Waals surface area contributed by atoms with E-state index in [4.69, 9.17) is 16.3 Å². The van der Waals surface area contributed by atoms with Gasteiger partial charge in [0.15, 0.2) is 5.13 Å². The summed E-state index contributed by atoms with van der Waals surface area (Å²) in [6.07, 6.45) is -1.23. The van der Waals surface area contributed by atoms with E-state index >= 15 is 0 Å². The Balaban J connectivity index is 1.62. The standard InChI is InChI=1S/C25H22ClF3N4O2S/c1-35-18-6-8-33(9-7-18)24-31-23(34)22(36-24)19(14-3-5-21-16(10-14)13-30-32-21)11-15-2-4-17(26)12-20(15)25(27,28)29/h2-5,10,12-13,18,34H,6-9,11H2,1H3. The van der Waals surface area contributed by atoms with Crippen molar-refractivity contribution in [2.24, 2.45) is 10.2 Å². The minimum atomic E-state index is -4.58. The van der Waals surface area contributed by atoms with E-state index < -0.39 is 11.7 Å². The van der Waals surface area contributed by atoms with E-state index in [1.165, 1.54) is 23.5 Å². The molecule has 188 valence electrons. The largest absolute Gasteiger partial charge is 0.492 e. The van der Waals surface area contributed by atoms with Gasteiger partial charge in [-0.15, -0.1) is 0 Å². The van der Waals surface area contributed by atoms with E-state index in [-0.39, 0.29) is 29.0 Å². The second-order valence-corrected chi connectivity index (χ2v) is 10.1. The lowest BCUT2D eigenvalue weighted by Crippen LogP contribution is -2.36. The van der Waals surface area contributed by atoms with Crippen molar-refractivity contribution in [2.75, 3.05) is 25.1 Å². The van der Waals surface area contributed by atoms with E-state index in [1.807, 2.05) is 6.07 Å². The normalized spacial score (nSPS) is 16.8. The fourth-order valence-corrected chi connectivity index (χ4v) is 5.72. The molecule has 36 heavy (non-hydrogen) atoms. The Morgan fingerprint density at radius 2 is 1.97 bits per heavy atom. The number of hydrogen-bond acceptors (Lipinski definition) is 7. The first-order chi connectivity index (χ1) is 17.2. The maximum atomic E-state index is 13.9. The lowest BCUT2D eigenvalue weighted by Gasteiger charge is -2.30. The van der Waals surface area contributed by atoms with Crippen LogP contribution in [0.4, 0.5) is 18.3 Å². The van der Waals surface area contributed by atoms with Gasteiger partial charge in [0.25, 0.3) is 0 Å². The van der Waals surface area contributed by atoms with Gasteiger partial charge in [0, 0.05) is 37.2 Å². The van der Waals surface area contributed by atoms with Crippen molar-refractivity contribution in [1.29, 1.82) is 0 Å². The average molecular weight is 535 g/mol. The Morgan fingerprint density at radius 1 is 1.19 bits per heavy atom. The number of alkyl halides is 3. The highest BCUT2D eigenvalue weighted by Crippen LogP contribution is 2.40. The molecule has 0 amide bonds. The molecule has 0 radical (unpaired) electrons. The van der Waals surface area contributed by atoms with Gasteiger partial charge in [-0.25, -0.2) is 0 Å². The van der Waals surface area contributed by atoms with Crippen molar-refractivity contribution in [3.8, 4) is 5.88 Å². The number of fused-ring (bicyclic) bond motifs is 1. The Hall–Kier alpha value is -2.95. The van der Waals surface area contributed by atoms with Crippen molar-refractivity contribution >= 4 is 39.9 Å². The third kappa shape index (κ3) is 4.98. The highest BCUT2D eigenvalue weighted by molar-refractivity contribution is 7.17. The molecule has 11 heteroatoms. The maximum Gasteiger partial charge on any atom is 0.416 e. The molecule has 3 aromatic rings. The minimum absolute atomic E-state index is 0.00497. The third-order valence-corrected chi connectivity index (χ3v) is 7.80. The van der Waals surface area contributed by atoms with Crippen LogP contribution < -0.4 is 15.5 Å². The summed E-state index contributed by atoms with van der Waals surface area (Å²) < 4.78 is 47.1. The molecule has 2 aromatic carbocycles. The summed E-state index contributed by atoms with van der Waals surface area (Å²) in [5.74, 6) is -0.208. The van der Waals surface area contributed by atoms with E-state index in [0.29, 0.717) is 39.2 Å². The lowest BCUT2D eigenvalue weighted by molar-refractivity contribution is -0.138. The number of thiazole rings is 1. The summed E-state index contributed by atoms with van der Waals surface area (Å²) in [5, 5.41) is 20.8. The molecule has 0 spiro atoms. The van der Waals surface area contributed by atoms with Crippen LogP contribution >= 0.6 is 22.9 Å². The second-order valence-electron chi connectivity index (χ2n) is 8.64. The number of rotatable bonds is 5. The van der Waals surface area contributed by atoms with Crippen LogP contribution in [0.5, 0.6) is 5.88 Å². The summed E-state index contributed by atoms with van der Waals surface area (Å²) in [4.78, 5) is 6.87. The fourth-order valence-electron chi connectivity index (χ4n) is 4.48. The quantitative estimate of drug-likeness (QED) is 0.521. The number of aromatic hydroxyl groups is 1. The molecule has 5 rings (SSSR count). The average Bonchev–Trinajstić information content (AvgIpc) is 3.48. The Morgan fingerprint density at radius 3 is 2.69 bits per heavy atom. The predicted molar refractivity (Wildman–Crippen MR) is 134 cm³/mol.